The molecular weight excluding hydrogens is 276 g/mol. The van der Waals surface area contributed by atoms with Gasteiger partial charge in [0.05, 0.1) is 17.3 Å². The van der Waals surface area contributed by atoms with Crippen LogP contribution < -0.4 is 5.32 Å². The SMILES string of the molecule is N#Cc1ccc(-c2cc(NCC3CC3)nc3ncnn23)cc1. The van der Waals surface area contributed by atoms with E-state index in [-0.39, 0.29) is 0 Å². The van der Waals surface area contributed by atoms with Crippen LogP contribution in [-0.2, 0) is 0 Å². The highest BCUT2D eigenvalue weighted by Gasteiger charge is 2.21. The van der Waals surface area contributed by atoms with Crippen LogP contribution in [0.3, 0.4) is 0 Å². The predicted molar refractivity (Wildman–Crippen MR) is 82.1 cm³/mol. The molecule has 0 radical (unpaired) electrons. The van der Waals surface area contributed by atoms with Crippen LogP contribution in [0.1, 0.15) is 18.4 Å². The van der Waals surface area contributed by atoms with Gasteiger partial charge in [0.25, 0.3) is 5.78 Å². The van der Waals surface area contributed by atoms with Gasteiger partial charge in [-0.25, -0.2) is 0 Å². The van der Waals surface area contributed by atoms with Gasteiger partial charge in [0.1, 0.15) is 12.1 Å². The van der Waals surface area contributed by atoms with Crippen molar-refractivity contribution in [1.29, 1.82) is 5.26 Å². The van der Waals surface area contributed by atoms with Gasteiger partial charge in [-0.3, -0.25) is 0 Å². The third-order valence-electron chi connectivity index (χ3n) is 3.83. The first-order valence-corrected chi connectivity index (χ1v) is 7.29. The Morgan fingerprint density at radius 1 is 1.27 bits per heavy atom. The number of hydrogen-bond acceptors (Lipinski definition) is 5. The van der Waals surface area contributed by atoms with Crippen LogP contribution in [0.5, 0.6) is 0 Å². The Kier molecular flexibility index (Phi) is 2.97. The second kappa shape index (κ2) is 5.11. The highest BCUT2D eigenvalue weighted by Crippen LogP contribution is 2.29. The van der Waals surface area contributed by atoms with Gasteiger partial charge in [-0.1, -0.05) is 12.1 Å². The lowest BCUT2D eigenvalue weighted by atomic mass is 10.1. The Hall–Kier alpha value is -2.94. The van der Waals surface area contributed by atoms with Crippen molar-refractivity contribution in [3.8, 4) is 17.3 Å². The average Bonchev–Trinajstić information content (AvgIpc) is 3.28. The molecule has 6 nitrogen and oxygen atoms in total. The molecule has 1 aliphatic carbocycles. The number of aromatic nitrogens is 4. The molecule has 4 rings (SSSR count). The van der Waals surface area contributed by atoms with Crippen LogP contribution in [0, 0.1) is 17.2 Å². The minimum absolute atomic E-state index is 0.570. The van der Waals surface area contributed by atoms with E-state index >= 15 is 0 Å². The molecule has 0 unspecified atom stereocenters. The molecule has 0 aliphatic heterocycles. The minimum Gasteiger partial charge on any atom is -0.370 e. The van der Waals surface area contributed by atoms with Crippen LogP contribution in [0.15, 0.2) is 36.7 Å². The summed E-state index contributed by atoms with van der Waals surface area (Å²) in [7, 11) is 0. The van der Waals surface area contributed by atoms with Crippen molar-refractivity contribution in [3.05, 3.63) is 42.2 Å². The van der Waals surface area contributed by atoms with Crippen LogP contribution in [-0.4, -0.2) is 26.1 Å². The number of nitriles is 1. The van der Waals surface area contributed by atoms with Gasteiger partial charge in [0, 0.05) is 18.2 Å². The number of fused-ring (bicyclic) bond motifs is 1. The first kappa shape index (κ1) is 12.8. The van der Waals surface area contributed by atoms with E-state index in [1.165, 1.54) is 19.2 Å². The zero-order chi connectivity index (χ0) is 14.9. The lowest BCUT2D eigenvalue weighted by Crippen LogP contribution is -2.07. The fourth-order valence-corrected chi connectivity index (χ4v) is 2.39. The molecule has 3 aromatic rings. The summed E-state index contributed by atoms with van der Waals surface area (Å²) in [5.74, 6) is 2.15. The summed E-state index contributed by atoms with van der Waals surface area (Å²) >= 11 is 0. The molecule has 1 aromatic carbocycles. The van der Waals surface area contributed by atoms with E-state index in [1.54, 1.807) is 16.6 Å². The molecular formula is C16H14N6. The molecule has 0 atom stereocenters. The smallest absolute Gasteiger partial charge is 0.254 e. The van der Waals surface area contributed by atoms with Crippen molar-refractivity contribution in [2.24, 2.45) is 5.92 Å². The van der Waals surface area contributed by atoms with Crippen molar-refractivity contribution in [2.75, 3.05) is 11.9 Å². The van der Waals surface area contributed by atoms with Gasteiger partial charge in [0.15, 0.2) is 0 Å². The fourth-order valence-electron chi connectivity index (χ4n) is 2.39. The summed E-state index contributed by atoms with van der Waals surface area (Å²) < 4.78 is 1.71. The molecule has 2 heterocycles. The van der Waals surface area contributed by atoms with Crippen molar-refractivity contribution in [2.45, 2.75) is 12.8 Å². The van der Waals surface area contributed by atoms with Crippen molar-refractivity contribution >= 4 is 11.6 Å². The fraction of sp³-hybridized carbons (Fsp3) is 0.250. The molecule has 1 saturated carbocycles. The molecule has 1 N–H and O–H groups in total. The summed E-state index contributed by atoms with van der Waals surface area (Å²) in [6.07, 6.45) is 4.09. The van der Waals surface area contributed by atoms with Crippen molar-refractivity contribution in [1.82, 2.24) is 19.6 Å². The minimum atomic E-state index is 0.570. The molecule has 1 fully saturated rings. The first-order valence-electron chi connectivity index (χ1n) is 7.29. The maximum atomic E-state index is 8.91. The van der Waals surface area contributed by atoms with E-state index in [9.17, 15) is 0 Å². The number of rotatable bonds is 4. The van der Waals surface area contributed by atoms with E-state index < -0.39 is 0 Å². The highest BCUT2D eigenvalue weighted by molar-refractivity contribution is 5.66. The van der Waals surface area contributed by atoms with E-state index in [1.807, 2.05) is 18.2 Å². The molecule has 1 aliphatic rings. The maximum Gasteiger partial charge on any atom is 0.254 e. The third kappa shape index (κ3) is 2.37. The molecule has 0 bridgehead atoms. The average molecular weight is 290 g/mol. The molecule has 108 valence electrons. The lowest BCUT2D eigenvalue weighted by molar-refractivity contribution is 0.877. The van der Waals surface area contributed by atoms with Crippen LogP contribution in [0.4, 0.5) is 5.82 Å². The largest absolute Gasteiger partial charge is 0.370 e. The number of hydrogen-bond donors (Lipinski definition) is 1. The summed E-state index contributed by atoms with van der Waals surface area (Å²) in [5.41, 5.74) is 2.52. The molecule has 0 amide bonds. The Labute approximate surface area is 127 Å². The van der Waals surface area contributed by atoms with Crippen molar-refractivity contribution in [3.63, 3.8) is 0 Å². The lowest BCUT2D eigenvalue weighted by Gasteiger charge is -2.09. The molecule has 0 saturated heterocycles. The predicted octanol–water partition coefficient (Wildman–Crippen LogP) is 2.48. The second-order valence-electron chi connectivity index (χ2n) is 5.51. The Morgan fingerprint density at radius 2 is 2.09 bits per heavy atom. The number of benzene rings is 1. The molecule has 22 heavy (non-hydrogen) atoms. The Bertz CT molecular complexity index is 854. The molecule has 2 aromatic heterocycles. The van der Waals surface area contributed by atoms with Crippen LogP contribution >= 0.6 is 0 Å². The van der Waals surface area contributed by atoms with E-state index in [4.69, 9.17) is 5.26 Å². The quantitative estimate of drug-likeness (QED) is 0.798. The zero-order valence-corrected chi connectivity index (χ0v) is 11.9. The summed E-state index contributed by atoms with van der Waals surface area (Å²) in [5, 5.41) is 16.5. The van der Waals surface area contributed by atoms with Gasteiger partial charge in [-0.05, 0) is 30.9 Å². The van der Waals surface area contributed by atoms with E-state index in [0.29, 0.717) is 11.3 Å². The van der Waals surface area contributed by atoms with Crippen LogP contribution in [0.2, 0.25) is 0 Å². The normalized spacial score (nSPS) is 14.0. The third-order valence-corrected chi connectivity index (χ3v) is 3.83. The van der Waals surface area contributed by atoms with Gasteiger partial charge >= 0.3 is 0 Å². The number of nitrogens with zero attached hydrogens (tertiary/aromatic N) is 5. The molecule has 6 heteroatoms. The topological polar surface area (TPSA) is 78.9 Å². The van der Waals surface area contributed by atoms with Crippen LogP contribution in [0.25, 0.3) is 17.0 Å². The van der Waals surface area contributed by atoms with E-state index in [2.05, 4.69) is 26.5 Å². The summed E-state index contributed by atoms with van der Waals surface area (Å²) in [4.78, 5) is 8.67. The maximum absolute atomic E-state index is 8.91. The zero-order valence-electron chi connectivity index (χ0n) is 11.9. The first-order chi connectivity index (χ1) is 10.8. The van der Waals surface area contributed by atoms with E-state index in [0.717, 1.165) is 29.5 Å². The monoisotopic (exact) mass is 290 g/mol. The summed E-state index contributed by atoms with van der Waals surface area (Å²) in [6, 6.07) is 11.5. The highest BCUT2D eigenvalue weighted by atomic mass is 15.3. The molecule has 0 spiro atoms. The van der Waals surface area contributed by atoms with Gasteiger partial charge in [0.2, 0.25) is 0 Å². The second-order valence-corrected chi connectivity index (χ2v) is 5.51. The Balaban J connectivity index is 1.76. The van der Waals surface area contributed by atoms with Crippen molar-refractivity contribution < 1.29 is 0 Å². The summed E-state index contributed by atoms with van der Waals surface area (Å²) in [6.45, 7) is 0.949. The van der Waals surface area contributed by atoms with Gasteiger partial charge < -0.3 is 5.32 Å². The standard InChI is InChI=1S/C16H14N6/c17-8-11-3-5-13(6-4-11)14-7-15(18-9-12-1-2-12)21-16-19-10-20-22(14)16/h3-7,10,12H,1-2,9H2,(H,18,19,20,21). The van der Waals surface area contributed by atoms with Gasteiger partial charge in [-0.2, -0.15) is 24.8 Å². The number of nitrogens with one attached hydrogen (secondary N) is 1. The number of anilines is 1. The van der Waals surface area contributed by atoms with Gasteiger partial charge in [-0.15, -0.1) is 0 Å². The Morgan fingerprint density at radius 3 is 2.82 bits per heavy atom.